The highest BCUT2D eigenvalue weighted by Crippen LogP contribution is 2.18. The molecule has 0 saturated carbocycles. The van der Waals surface area contributed by atoms with Crippen molar-refractivity contribution in [3.05, 3.63) is 0 Å². The van der Waals surface area contributed by atoms with E-state index in [4.69, 9.17) is 11.7 Å². The van der Waals surface area contributed by atoms with Crippen molar-refractivity contribution < 1.29 is 14.7 Å². The fourth-order valence-electron chi connectivity index (χ4n) is 1.20. The molecule has 0 bridgehead atoms. The summed E-state index contributed by atoms with van der Waals surface area (Å²) in [7, 11) is 0. The molecule has 88 valence electrons. The molecule has 15 heavy (non-hydrogen) atoms. The van der Waals surface area contributed by atoms with Crippen LogP contribution in [0, 0.1) is 0 Å². The van der Waals surface area contributed by atoms with Crippen molar-refractivity contribution in [2.75, 3.05) is 0 Å². The van der Waals surface area contributed by atoms with Gasteiger partial charge >= 0.3 is 0 Å². The van der Waals surface area contributed by atoms with E-state index in [-0.39, 0.29) is 25.2 Å². The molecule has 1 atom stereocenters. The molecule has 0 aromatic carbocycles. The third kappa shape index (κ3) is 4.24. The van der Waals surface area contributed by atoms with Gasteiger partial charge in [0.05, 0.1) is 0 Å². The average molecular weight is 218 g/mol. The first-order valence-electron chi connectivity index (χ1n) is 4.73. The average Bonchev–Trinajstić information content (AvgIpc) is 2.27. The number of nitrogens with one attached hydrogen (secondary N) is 2. The zero-order valence-electron chi connectivity index (χ0n) is 8.75. The van der Waals surface area contributed by atoms with Crippen molar-refractivity contribution in [3.8, 4) is 0 Å². The van der Waals surface area contributed by atoms with Gasteiger partial charge in [-0.25, -0.2) is 11.7 Å². The van der Waals surface area contributed by atoms with Gasteiger partial charge in [0.1, 0.15) is 5.60 Å². The maximum Gasteiger partial charge on any atom is 0.265 e. The van der Waals surface area contributed by atoms with E-state index >= 15 is 0 Å². The van der Waals surface area contributed by atoms with E-state index in [1.165, 1.54) is 0 Å². The normalized spacial score (nSPS) is 14.1. The minimum absolute atomic E-state index is 0.163. The van der Waals surface area contributed by atoms with Gasteiger partial charge in [0.15, 0.2) is 0 Å². The number of hydrazine groups is 2. The molecule has 0 fully saturated rings. The van der Waals surface area contributed by atoms with Gasteiger partial charge in [0.2, 0.25) is 5.91 Å². The van der Waals surface area contributed by atoms with Gasteiger partial charge in [-0.05, 0) is 19.3 Å². The number of nitrogens with two attached hydrogens (primary N) is 2. The molecule has 0 radical (unpaired) electrons. The maximum absolute atomic E-state index is 11.2. The van der Waals surface area contributed by atoms with Gasteiger partial charge in [-0.3, -0.25) is 20.4 Å². The van der Waals surface area contributed by atoms with E-state index in [2.05, 4.69) is 0 Å². The Balaban J connectivity index is 4.10. The Morgan fingerprint density at radius 1 is 1.33 bits per heavy atom. The summed E-state index contributed by atoms with van der Waals surface area (Å²) in [6, 6.07) is 0. The van der Waals surface area contributed by atoms with Crippen LogP contribution in [0.2, 0.25) is 0 Å². The van der Waals surface area contributed by atoms with Crippen LogP contribution in [0.25, 0.3) is 0 Å². The summed E-state index contributed by atoms with van der Waals surface area (Å²) >= 11 is 0. The zero-order chi connectivity index (χ0) is 11.9. The topological polar surface area (TPSA) is 130 Å². The summed E-state index contributed by atoms with van der Waals surface area (Å²) < 4.78 is 0. The van der Waals surface area contributed by atoms with Gasteiger partial charge < -0.3 is 5.11 Å². The molecular formula is C8H18N4O3. The van der Waals surface area contributed by atoms with Crippen LogP contribution in [0.1, 0.15) is 32.6 Å². The van der Waals surface area contributed by atoms with E-state index < -0.39 is 11.5 Å². The summed E-state index contributed by atoms with van der Waals surface area (Å²) in [6.07, 6.45) is 0.928. The van der Waals surface area contributed by atoms with Crippen molar-refractivity contribution >= 4 is 11.8 Å². The molecular weight excluding hydrogens is 200 g/mol. The maximum atomic E-state index is 11.2. The van der Waals surface area contributed by atoms with E-state index in [0.29, 0.717) is 6.42 Å². The molecule has 7 N–H and O–H groups in total. The fraction of sp³-hybridized carbons (Fsp3) is 0.750. The number of amides is 2. The van der Waals surface area contributed by atoms with Gasteiger partial charge in [0, 0.05) is 6.42 Å². The number of carbonyl (C=O) groups excluding carboxylic acids is 2. The highest BCUT2D eigenvalue weighted by molar-refractivity contribution is 5.84. The van der Waals surface area contributed by atoms with E-state index in [1.54, 1.807) is 6.92 Å². The Labute approximate surface area is 88.1 Å². The van der Waals surface area contributed by atoms with Crippen molar-refractivity contribution in [1.82, 2.24) is 10.9 Å². The largest absolute Gasteiger partial charge is 0.380 e. The second-order valence-electron chi connectivity index (χ2n) is 3.28. The Kier molecular flexibility index (Phi) is 5.83. The molecule has 0 saturated heterocycles. The third-order valence-corrected chi connectivity index (χ3v) is 2.29. The molecule has 0 aromatic rings. The van der Waals surface area contributed by atoms with Crippen molar-refractivity contribution in [1.29, 1.82) is 0 Å². The zero-order valence-corrected chi connectivity index (χ0v) is 8.75. The lowest BCUT2D eigenvalue weighted by Crippen LogP contribution is -2.49. The standard InChI is InChI=1S/C8H18N4O3/c1-2-8(15,7(14)12-10)5-3-4-6(13)11-9/h15H,2-5,9-10H2,1H3,(H,11,13)(H,12,14). The first-order valence-corrected chi connectivity index (χ1v) is 4.73. The van der Waals surface area contributed by atoms with Crippen LogP contribution in [0.4, 0.5) is 0 Å². The Bertz CT molecular complexity index is 234. The van der Waals surface area contributed by atoms with Crippen LogP contribution in [-0.4, -0.2) is 22.5 Å². The number of aliphatic hydroxyl groups is 1. The van der Waals surface area contributed by atoms with E-state index in [0.717, 1.165) is 0 Å². The van der Waals surface area contributed by atoms with Crippen LogP contribution in [0.3, 0.4) is 0 Å². The summed E-state index contributed by atoms with van der Waals surface area (Å²) in [5, 5.41) is 9.82. The van der Waals surface area contributed by atoms with Gasteiger partial charge in [-0.1, -0.05) is 6.92 Å². The third-order valence-electron chi connectivity index (χ3n) is 2.29. The first kappa shape index (κ1) is 13.8. The van der Waals surface area contributed by atoms with Crippen LogP contribution < -0.4 is 22.5 Å². The summed E-state index contributed by atoms with van der Waals surface area (Å²) in [5.41, 5.74) is 2.35. The molecule has 0 aliphatic carbocycles. The highest BCUT2D eigenvalue weighted by Gasteiger charge is 2.32. The lowest BCUT2D eigenvalue weighted by atomic mass is 9.93. The van der Waals surface area contributed by atoms with Gasteiger partial charge in [-0.15, -0.1) is 0 Å². The molecule has 0 rings (SSSR count). The van der Waals surface area contributed by atoms with Crippen LogP contribution >= 0.6 is 0 Å². The second kappa shape index (κ2) is 6.33. The molecule has 0 spiro atoms. The molecule has 2 amide bonds. The predicted molar refractivity (Wildman–Crippen MR) is 53.8 cm³/mol. The second-order valence-corrected chi connectivity index (χ2v) is 3.28. The number of hydrogen-bond acceptors (Lipinski definition) is 5. The Morgan fingerprint density at radius 2 is 1.93 bits per heavy atom. The monoisotopic (exact) mass is 218 g/mol. The summed E-state index contributed by atoms with van der Waals surface area (Å²) in [6.45, 7) is 1.66. The van der Waals surface area contributed by atoms with Crippen LogP contribution in [0.15, 0.2) is 0 Å². The van der Waals surface area contributed by atoms with E-state index in [9.17, 15) is 14.7 Å². The smallest absolute Gasteiger partial charge is 0.265 e. The molecule has 0 aliphatic rings. The molecule has 0 aliphatic heterocycles. The molecule has 7 heteroatoms. The Hall–Kier alpha value is -1.18. The van der Waals surface area contributed by atoms with Crippen LogP contribution in [-0.2, 0) is 9.59 Å². The van der Waals surface area contributed by atoms with Crippen molar-refractivity contribution in [2.45, 2.75) is 38.2 Å². The quantitative estimate of drug-likeness (QED) is 0.205. The van der Waals surface area contributed by atoms with E-state index in [1.807, 2.05) is 10.9 Å². The van der Waals surface area contributed by atoms with Crippen LogP contribution in [0.5, 0.6) is 0 Å². The predicted octanol–water partition coefficient (Wildman–Crippen LogP) is -1.72. The minimum Gasteiger partial charge on any atom is -0.380 e. The number of carbonyl (C=O) groups is 2. The van der Waals surface area contributed by atoms with Gasteiger partial charge in [-0.2, -0.15) is 0 Å². The molecule has 0 aromatic heterocycles. The summed E-state index contributed by atoms with van der Waals surface area (Å²) in [4.78, 5) is 22.0. The minimum atomic E-state index is -1.51. The SMILES string of the molecule is CCC(O)(CCCC(=O)NN)C(=O)NN. The number of hydrogen-bond donors (Lipinski definition) is 5. The highest BCUT2D eigenvalue weighted by atomic mass is 16.3. The Morgan fingerprint density at radius 3 is 2.33 bits per heavy atom. The van der Waals surface area contributed by atoms with Crippen molar-refractivity contribution in [3.63, 3.8) is 0 Å². The molecule has 1 unspecified atom stereocenters. The number of rotatable bonds is 6. The molecule has 0 heterocycles. The molecule has 7 nitrogen and oxygen atoms in total. The lowest BCUT2D eigenvalue weighted by molar-refractivity contribution is -0.141. The van der Waals surface area contributed by atoms with Gasteiger partial charge in [0.25, 0.3) is 5.91 Å². The van der Waals surface area contributed by atoms with Crippen molar-refractivity contribution in [2.24, 2.45) is 11.7 Å². The first-order chi connectivity index (χ1) is 7.00. The summed E-state index contributed by atoms with van der Waals surface area (Å²) in [5.74, 6) is 8.84. The fourth-order valence-corrected chi connectivity index (χ4v) is 1.20. The lowest BCUT2D eigenvalue weighted by Gasteiger charge is -2.24.